The summed E-state index contributed by atoms with van der Waals surface area (Å²) < 4.78 is 27.5. The summed E-state index contributed by atoms with van der Waals surface area (Å²) >= 11 is 0. The number of sulfonamides is 1. The molecule has 2 N–H and O–H groups in total. The summed E-state index contributed by atoms with van der Waals surface area (Å²) in [5.41, 5.74) is -1.04. The highest BCUT2D eigenvalue weighted by molar-refractivity contribution is 7.89. The maximum absolute atomic E-state index is 12.5. The van der Waals surface area contributed by atoms with E-state index in [2.05, 4.69) is 0 Å². The van der Waals surface area contributed by atoms with Gasteiger partial charge >= 0.3 is 5.97 Å². The second-order valence-electron chi connectivity index (χ2n) is 5.50. The first-order chi connectivity index (χ1) is 9.57. The first kappa shape index (κ1) is 17.7. The lowest BCUT2D eigenvalue weighted by Crippen LogP contribution is -2.47. The second kappa shape index (κ2) is 6.17. The lowest BCUT2D eigenvalue weighted by Gasteiger charge is -2.32. The molecule has 1 aromatic rings. The molecule has 0 fully saturated rings. The van der Waals surface area contributed by atoms with Crippen molar-refractivity contribution in [1.29, 1.82) is 0 Å². The number of aliphatic hydroxyl groups is 1. The highest BCUT2D eigenvalue weighted by atomic mass is 32.2. The first-order valence-electron chi connectivity index (χ1n) is 6.61. The van der Waals surface area contributed by atoms with Crippen LogP contribution in [0.5, 0.6) is 0 Å². The predicted octanol–water partition coefficient (Wildman–Crippen LogP) is 0.988. The van der Waals surface area contributed by atoms with Crippen molar-refractivity contribution in [3.63, 3.8) is 0 Å². The van der Waals surface area contributed by atoms with Crippen molar-refractivity contribution < 1.29 is 23.4 Å². The maximum Gasteiger partial charge on any atom is 0.352 e. The minimum Gasteiger partial charge on any atom is -0.477 e. The maximum atomic E-state index is 12.5. The van der Waals surface area contributed by atoms with Gasteiger partial charge in [0.25, 0.3) is 0 Å². The van der Waals surface area contributed by atoms with E-state index < -0.39 is 21.5 Å². The zero-order valence-electron chi connectivity index (χ0n) is 12.7. The van der Waals surface area contributed by atoms with E-state index in [1.165, 1.54) is 17.8 Å². The number of rotatable bonds is 7. The Morgan fingerprint density at radius 2 is 2.00 bits per heavy atom. The molecule has 0 radical (unpaired) electrons. The standard InChI is InChI=1S/C13H22N2O5S/c1-5-6-15-8-10(7-11(15)12(17)18)21(19,20)14(4)13(2,3)9-16/h7-8,16H,5-6,9H2,1-4H3,(H,17,18). The highest BCUT2D eigenvalue weighted by Crippen LogP contribution is 2.24. The molecule has 0 unspecified atom stereocenters. The quantitative estimate of drug-likeness (QED) is 0.781. The molecule has 0 saturated heterocycles. The Morgan fingerprint density at radius 3 is 2.43 bits per heavy atom. The van der Waals surface area contributed by atoms with E-state index in [0.717, 1.165) is 10.4 Å². The van der Waals surface area contributed by atoms with Gasteiger partial charge in [0.15, 0.2) is 0 Å². The van der Waals surface area contributed by atoms with E-state index in [0.29, 0.717) is 13.0 Å². The molecule has 1 heterocycles. The fourth-order valence-electron chi connectivity index (χ4n) is 1.81. The minimum atomic E-state index is -3.87. The van der Waals surface area contributed by atoms with Gasteiger partial charge in [-0.15, -0.1) is 0 Å². The molecule has 0 spiro atoms. The zero-order valence-corrected chi connectivity index (χ0v) is 13.5. The van der Waals surface area contributed by atoms with Crippen LogP contribution in [0, 0.1) is 0 Å². The third-order valence-corrected chi connectivity index (χ3v) is 5.49. The molecule has 0 bridgehead atoms. The predicted molar refractivity (Wildman–Crippen MR) is 77.8 cm³/mol. The van der Waals surface area contributed by atoms with E-state index in [9.17, 15) is 18.3 Å². The second-order valence-corrected chi connectivity index (χ2v) is 7.47. The van der Waals surface area contributed by atoms with Gasteiger partial charge in [-0.25, -0.2) is 13.2 Å². The molecule has 0 aliphatic heterocycles. The van der Waals surface area contributed by atoms with Crippen LogP contribution in [0.3, 0.4) is 0 Å². The van der Waals surface area contributed by atoms with Crippen LogP contribution in [0.2, 0.25) is 0 Å². The summed E-state index contributed by atoms with van der Waals surface area (Å²) in [6.07, 6.45) is 2.01. The Hall–Kier alpha value is -1.38. The van der Waals surface area contributed by atoms with Gasteiger partial charge in [-0.1, -0.05) is 6.92 Å². The van der Waals surface area contributed by atoms with Crippen molar-refractivity contribution >= 4 is 16.0 Å². The summed E-state index contributed by atoms with van der Waals surface area (Å²) in [5, 5.41) is 18.4. The summed E-state index contributed by atoms with van der Waals surface area (Å²) in [5.74, 6) is -1.17. The molecule has 7 nitrogen and oxygen atoms in total. The molecule has 1 aromatic heterocycles. The third-order valence-electron chi connectivity index (χ3n) is 3.45. The van der Waals surface area contributed by atoms with Crippen molar-refractivity contribution in [2.75, 3.05) is 13.7 Å². The summed E-state index contributed by atoms with van der Waals surface area (Å²) in [6.45, 7) is 5.13. The molecule has 120 valence electrons. The average molecular weight is 318 g/mol. The van der Waals surface area contributed by atoms with E-state index in [4.69, 9.17) is 5.11 Å². The topological polar surface area (TPSA) is 99.8 Å². The summed E-state index contributed by atoms with van der Waals surface area (Å²) in [6, 6.07) is 1.15. The lowest BCUT2D eigenvalue weighted by atomic mass is 10.1. The fraction of sp³-hybridized carbons (Fsp3) is 0.615. The van der Waals surface area contributed by atoms with E-state index in [-0.39, 0.29) is 17.2 Å². The van der Waals surface area contributed by atoms with Crippen LogP contribution in [0.4, 0.5) is 0 Å². The molecule has 21 heavy (non-hydrogen) atoms. The van der Waals surface area contributed by atoms with Gasteiger partial charge in [0.1, 0.15) is 10.6 Å². The Balaban J connectivity index is 3.33. The Kier molecular flexibility index (Phi) is 5.19. The lowest BCUT2D eigenvalue weighted by molar-refractivity contribution is 0.0685. The molecule has 8 heteroatoms. The number of carboxylic acid groups (broad SMARTS) is 1. The Morgan fingerprint density at radius 1 is 1.43 bits per heavy atom. The molecular weight excluding hydrogens is 296 g/mol. The largest absolute Gasteiger partial charge is 0.477 e. The van der Waals surface area contributed by atoms with Crippen molar-refractivity contribution in [3.05, 3.63) is 18.0 Å². The molecule has 0 aliphatic rings. The Labute approximate surface area is 124 Å². The number of hydrogen-bond donors (Lipinski definition) is 2. The van der Waals surface area contributed by atoms with E-state index in [1.807, 2.05) is 6.92 Å². The molecular formula is C13H22N2O5S. The minimum absolute atomic E-state index is 0.0642. The molecule has 0 atom stereocenters. The number of carbonyl (C=O) groups is 1. The molecule has 0 aromatic carbocycles. The van der Waals surface area contributed by atoms with Gasteiger partial charge in [-0.3, -0.25) is 0 Å². The van der Waals surface area contributed by atoms with Crippen LogP contribution in [-0.4, -0.2) is 52.7 Å². The van der Waals surface area contributed by atoms with Gasteiger partial charge in [-0.05, 0) is 26.3 Å². The van der Waals surface area contributed by atoms with Crippen LogP contribution < -0.4 is 0 Å². The van der Waals surface area contributed by atoms with Crippen LogP contribution in [0.15, 0.2) is 17.2 Å². The fourth-order valence-corrected chi connectivity index (χ4v) is 3.36. The van der Waals surface area contributed by atoms with Crippen molar-refractivity contribution in [3.8, 4) is 0 Å². The third kappa shape index (κ3) is 3.45. The number of aryl methyl sites for hydroxylation is 1. The number of aromatic nitrogens is 1. The molecule has 0 amide bonds. The van der Waals surface area contributed by atoms with Crippen molar-refractivity contribution in [1.82, 2.24) is 8.87 Å². The van der Waals surface area contributed by atoms with E-state index in [1.54, 1.807) is 13.8 Å². The highest BCUT2D eigenvalue weighted by Gasteiger charge is 2.35. The number of aromatic carboxylic acids is 1. The van der Waals surface area contributed by atoms with Crippen molar-refractivity contribution in [2.45, 2.75) is 44.2 Å². The number of nitrogens with zero attached hydrogens (tertiary/aromatic N) is 2. The van der Waals surface area contributed by atoms with E-state index >= 15 is 0 Å². The van der Waals surface area contributed by atoms with Crippen molar-refractivity contribution in [2.24, 2.45) is 0 Å². The average Bonchev–Trinajstić information content (AvgIpc) is 2.83. The summed E-state index contributed by atoms with van der Waals surface area (Å²) in [4.78, 5) is 11.1. The molecule has 1 rings (SSSR count). The number of hydrogen-bond acceptors (Lipinski definition) is 4. The normalized spacial score (nSPS) is 12.9. The van der Waals surface area contributed by atoms with Gasteiger partial charge in [0.05, 0.1) is 12.1 Å². The zero-order chi connectivity index (χ0) is 16.4. The molecule has 0 aliphatic carbocycles. The van der Waals surface area contributed by atoms with Crippen LogP contribution in [0.1, 0.15) is 37.7 Å². The van der Waals surface area contributed by atoms with Gasteiger partial charge in [0, 0.05) is 19.8 Å². The number of aliphatic hydroxyl groups excluding tert-OH is 1. The number of carboxylic acids is 1. The van der Waals surface area contributed by atoms with Crippen LogP contribution in [0.25, 0.3) is 0 Å². The SMILES string of the molecule is CCCn1cc(S(=O)(=O)N(C)C(C)(C)CO)cc1C(=O)O. The smallest absolute Gasteiger partial charge is 0.352 e. The molecule has 0 saturated carbocycles. The first-order valence-corrected chi connectivity index (χ1v) is 8.05. The van der Waals surface area contributed by atoms with Gasteiger partial charge in [-0.2, -0.15) is 4.31 Å². The van der Waals surface area contributed by atoms with Gasteiger partial charge < -0.3 is 14.8 Å². The summed E-state index contributed by atoms with van der Waals surface area (Å²) in [7, 11) is -2.51. The van der Waals surface area contributed by atoms with Crippen LogP contribution in [-0.2, 0) is 16.6 Å². The Bertz CT molecular complexity index is 619. The van der Waals surface area contributed by atoms with Crippen LogP contribution >= 0.6 is 0 Å². The number of likely N-dealkylation sites (N-methyl/N-ethyl adjacent to an activating group) is 1. The van der Waals surface area contributed by atoms with Gasteiger partial charge in [0.2, 0.25) is 10.0 Å². The monoisotopic (exact) mass is 318 g/mol.